The van der Waals surface area contributed by atoms with Crippen molar-refractivity contribution in [2.45, 2.75) is 18.4 Å². The van der Waals surface area contributed by atoms with Crippen molar-refractivity contribution in [1.29, 1.82) is 0 Å². The van der Waals surface area contributed by atoms with Crippen molar-refractivity contribution in [3.63, 3.8) is 0 Å². The molecule has 1 heterocycles. The average Bonchev–Trinajstić information content (AvgIpc) is 2.62. The van der Waals surface area contributed by atoms with Gasteiger partial charge in [-0.3, -0.25) is 4.79 Å². The first-order valence-corrected chi connectivity index (χ1v) is 8.66. The highest BCUT2D eigenvalue weighted by atomic mass is 35.5. The zero-order chi connectivity index (χ0) is 17.9. The quantitative estimate of drug-likeness (QED) is 0.616. The van der Waals surface area contributed by atoms with Crippen LogP contribution in [0.25, 0.3) is 0 Å². The largest absolute Gasteiger partial charge is 0.446 e. The minimum Gasteiger partial charge on any atom is -0.446 e. The predicted octanol–water partition coefficient (Wildman–Crippen LogP) is 3.84. The first-order valence-electron chi connectivity index (χ1n) is 8.28. The van der Waals surface area contributed by atoms with Crippen molar-refractivity contribution in [1.82, 2.24) is 4.90 Å². The van der Waals surface area contributed by atoms with Crippen molar-refractivity contribution in [2.75, 3.05) is 20.1 Å². The van der Waals surface area contributed by atoms with E-state index in [9.17, 15) is 9.59 Å². The normalized spacial score (nSPS) is 20.9. The molecule has 2 aromatic carbocycles. The summed E-state index contributed by atoms with van der Waals surface area (Å²) in [4.78, 5) is 27.9. The molecule has 0 spiro atoms. The fraction of sp³-hybridized carbons (Fsp3) is 0.300. The van der Waals surface area contributed by atoms with E-state index < -0.39 is 11.6 Å². The summed E-state index contributed by atoms with van der Waals surface area (Å²) < 4.78 is 5.82. The summed E-state index contributed by atoms with van der Waals surface area (Å²) in [5.74, 6) is -0.731. The maximum atomic E-state index is 13.2. The van der Waals surface area contributed by atoms with E-state index >= 15 is 0 Å². The summed E-state index contributed by atoms with van der Waals surface area (Å²) in [5.41, 5.74) is -0.368. The summed E-state index contributed by atoms with van der Waals surface area (Å²) >= 11 is 6.11. The van der Waals surface area contributed by atoms with Crippen LogP contribution in [0.15, 0.2) is 54.6 Å². The van der Waals surface area contributed by atoms with E-state index in [-0.39, 0.29) is 11.3 Å². The van der Waals surface area contributed by atoms with E-state index in [0.717, 1.165) is 13.0 Å². The first-order chi connectivity index (χ1) is 12.0. The second-order valence-electron chi connectivity index (χ2n) is 6.40. The number of rotatable bonds is 4. The van der Waals surface area contributed by atoms with Crippen LogP contribution < -0.4 is 0 Å². The van der Waals surface area contributed by atoms with Gasteiger partial charge in [-0.25, -0.2) is 4.79 Å². The lowest BCUT2D eigenvalue weighted by Crippen LogP contribution is -2.54. The van der Waals surface area contributed by atoms with E-state index in [0.29, 0.717) is 23.6 Å². The Morgan fingerprint density at radius 2 is 1.76 bits per heavy atom. The summed E-state index contributed by atoms with van der Waals surface area (Å²) in [7, 11) is 1.93. The number of benzene rings is 2. The maximum Gasteiger partial charge on any atom is 0.340 e. The highest BCUT2D eigenvalue weighted by Crippen LogP contribution is 2.30. The van der Waals surface area contributed by atoms with Crippen molar-refractivity contribution < 1.29 is 14.3 Å². The molecule has 4 nitrogen and oxygen atoms in total. The Hall–Kier alpha value is -2.17. The van der Waals surface area contributed by atoms with Crippen molar-refractivity contribution >= 4 is 23.4 Å². The third-order valence-electron chi connectivity index (χ3n) is 4.48. The van der Waals surface area contributed by atoms with Gasteiger partial charge in [-0.2, -0.15) is 0 Å². The third-order valence-corrected chi connectivity index (χ3v) is 4.81. The lowest BCUT2D eigenvalue weighted by Gasteiger charge is -2.39. The van der Waals surface area contributed by atoms with Crippen molar-refractivity contribution in [2.24, 2.45) is 0 Å². The van der Waals surface area contributed by atoms with E-state index in [4.69, 9.17) is 16.3 Å². The number of Topliss-reactive ketones (excluding diaryl/α,β-unsaturated/α-hetero) is 1. The number of nitrogens with zero attached hydrogens (tertiary/aromatic N) is 1. The molecule has 0 saturated carbocycles. The van der Waals surface area contributed by atoms with Gasteiger partial charge in [0.15, 0.2) is 5.60 Å². The molecular formula is C20H20ClNO3. The monoisotopic (exact) mass is 357 g/mol. The van der Waals surface area contributed by atoms with E-state index in [2.05, 4.69) is 0 Å². The lowest BCUT2D eigenvalue weighted by molar-refractivity contribution is -0.0364. The number of hydrogen-bond acceptors (Lipinski definition) is 4. The molecule has 1 aliphatic rings. The van der Waals surface area contributed by atoms with Crippen LogP contribution in [0, 0.1) is 0 Å². The Balaban J connectivity index is 1.94. The van der Waals surface area contributed by atoms with Crippen LogP contribution in [0.2, 0.25) is 5.02 Å². The highest BCUT2D eigenvalue weighted by molar-refractivity contribution is 6.33. The van der Waals surface area contributed by atoms with Gasteiger partial charge in [-0.1, -0.05) is 54.1 Å². The zero-order valence-electron chi connectivity index (χ0n) is 14.1. The van der Waals surface area contributed by atoms with Crippen LogP contribution in [-0.4, -0.2) is 42.4 Å². The van der Waals surface area contributed by atoms with Gasteiger partial charge in [0.25, 0.3) is 0 Å². The average molecular weight is 358 g/mol. The molecule has 1 fully saturated rings. The van der Waals surface area contributed by atoms with Gasteiger partial charge in [0, 0.05) is 12.1 Å². The number of esters is 1. The van der Waals surface area contributed by atoms with Gasteiger partial charge < -0.3 is 9.64 Å². The second kappa shape index (κ2) is 7.38. The van der Waals surface area contributed by atoms with Crippen LogP contribution >= 0.6 is 11.6 Å². The Labute approximate surface area is 152 Å². The summed E-state index contributed by atoms with van der Waals surface area (Å²) in [6.45, 7) is 1.24. The molecule has 5 heteroatoms. The number of halogens is 1. The molecule has 1 aliphatic heterocycles. The van der Waals surface area contributed by atoms with Crippen LogP contribution in [0.3, 0.4) is 0 Å². The molecule has 0 aromatic heterocycles. The molecule has 1 unspecified atom stereocenters. The van der Waals surface area contributed by atoms with Crippen LogP contribution in [-0.2, 0) is 4.74 Å². The molecule has 25 heavy (non-hydrogen) atoms. The molecule has 130 valence electrons. The Morgan fingerprint density at radius 1 is 1.08 bits per heavy atom. The number of piperidine rings is 1. The predicted molar refractivity (Wildman–Crippen MR) is 97.1 cm³/mol. The summed E-state index contributed by atoms with van der Waals surface area (Å²) in [6.07, 6.45) is 1.28. The Bertz CT molecular complexity index is 778. The summed E-state index contributed by atoms with van der Waals surface area (Å²) in [5, 5.41) is 0.318. The fourth-order valence-corrected chi connectivity index (χ4v) is 3.47. The second-order valence-corrected chi connectivity index (χ2v) is 6.81. The van der Waals surface area contributed by atoms with Gasteiger partial charge in [-0.05, 0) is 38.6 Å². The highest BCUT2D eigenvalue weighted by Gasteiger charge is 2.45. The molecule has 0 aliphatic carbocycles. The number of likely N-dealkylation sites (N-methyl/N-ethyl adjacent to an activating group) is 1. The van der Waals surface area contributed by atoms with Gasteiger partial charge in [0.05, 0.1) is 10.6 Å². The van der Waals surface area contributed by atoms with Crippen LogP contribution in [0.1, 0.15) is 33.6 Å². The third kappa shape index (κ3) is 3.75. The molecule has 1 atom stereocenters. The zero-order valence-corrected chi connectivity index (χ0v) is 14.8. The number of carbonyl (C=O) groups is 2. The number of ether oxygens (including phenoxy) is 1. The molecule has 3 rings (SSSR count). The molecule has 0 bridgehead atoms. The standard InChI is InChI=1S/C20H20ClNO3/c1-22-13-7-12-20(14-22,18(23)15-8-3-2-4-9-15)25-19(24)16-10-5-6-11-17(16)21/h2-6,8-11H,7,12-14H2,1H3. The van der Waals surface area contributed by atoms with Gasteiger partial charge in [0.2, 0.25) is 5.78 Å². The van der Waals surface area contributed by atoms with Crippen molar-refractivity contribution in [3.05, 3.63) is 70.7 Å². The Morgan fingerprint density at radius 3 is 2.44 bits per heavy atom. The van der Waals surface area contributed by atoms with E-state index in [1.807, 2.05) is 30.1 Å². The van der Waals surface area contributed by atoms with Crippen LogP contribution in [0.4, 0.5) is 0 Å². The number of carbonyl (C=O) groups excluding carboxylic acids is 2. The first kappa shape index (κ1) is 17.6. The molecule has 0 N–H and O–H groups in total. The molecule has 0 radical (unpaired) electrons. The number of likely N-dealkylation sites (tertiary alicyclic amines) is 1. The Kier molecular flexibility index (Phi) is 5.21. The van der Waals surface area contributed by atoms with Gasteiger partial charge in [0.1, 0.15) is 0 Å². The minimum absolute atomic E-state index is 0.167. The van der Waals surface area contributed by atoms with Gasteiger partial charge in [-0.15, -0.1) is 0 Å². The fourth-order valence-electron chi connectivity index (χ4n) is 3.26. The summed E-state index contributed by atoms with van der Waals surface area (Å²) in [6, 6.07) is 15.7. The maximum absolute atomic E-state index is 13.2. The van der Waals surface area contributed by atoms with Gasteiger partial charge >= 0.3 is 5.97 Å². The van der Waals surface area contributed by atoms with E-state index in [1.54, 1.807) is 36.4 Å². The lowest BCUT2D eigenvalue weighted by atomic mass is 9.85. The molecular weight excluding hydrogens is 338 g/mol. The van der Waals surface area contributed by atoms with E-state index in [1.165, 1.54) is 0 Å². The van der Waals surface area contributed by atoms with Crippen molar-refractivity contribution in [3.8, 4) is 0 Å². The van der Waals surface area contributed by atoms with Crippen LogP contribution in [0.5, 0.6) is 0 Å². The number of ketones is 1. The topological polar surface area (TPSA) is 46.6 Å². The number of hydrogen-bond donors (Lipinski definition) is 0. The molecule has 1 saturated heterocycles. The smallest absolute Gasteiger partial charge is 0.340 e. The molecule has 2 aromatic rings. The SMILES string of the molecule is CN1CCCC(OC(=O)c2ccccc2Cl)(C(=O)c2ccccc2)C1. The minimum atomic E-state index is -1.19. The molecule has 0 amide bonds.